The Morgan fingerprint density at radius 3 is 2.33 bits per heavy atom. The summed E-state index contributed by atoms with van der Waals surface area (Å²) in [6, 6.07) is 0. The van der Waals surface area contributed by atoms with Crippen molar-refractivity contribution in [2.45, 2.75) is 13.8 Å². The van der Waals surface area contributed by atoms with Gasteiger partial charge in [0.25, 0.3) is 0 Å². The summed E-state index contributed by atoms with van der Waals surface area (Å²) < 4.78 is 4.29. The molecule has 0 saturated heterocycles. The standard InChI is InChI=1S/C9H18N3/c1-5-12(6-2)9-10(3)7-8-11(9)4/h7-8H,5-6H2,1-4H3/q+1. The van der Waals surface area contributed by atoms with Crippen molar-refractivity contribution in [3.05, 3.63) is 12.4 Å². The predicted octanol–water partition coefficient (Wildman–Crippen LogP) is 0.696. The molecule has 1 rings (SSSR count). The molecule has 0 N–H and O–H groups in total. The average Bonchev–Trinajstić information content (AvgIpc) is 2.38. The van der Waals surface area contributed by atoms with Gasteiger partial charge in [-0.3, -0.25) is 4.90 Å². The second-order valence-electron chi connectivity index (χ2n) is 2.99. The minimum absolute atomic E-state index is 1.06. The van der Waals surface area contributed by atoms with E-state index in [1.807, 2.05) is 0 Å². The Balaban J connectivity index is 2.98. The molecule has 0 radical (unpaired) electrons. The maximum absolute atomic E-state index is 2.33. The van der Waals surface area contributed by atoms with Crippen LogP contribution in [0.2, 0.25) is 0 Å². The minimum atomic E-state index is 1.06. The van der Waals surface area contributed by atoms with E-state index in [2.05, 4.69) is 54.4 Å². The van der Waals surface area contributed by atoms with Crippen LogP contribution in [-0.4, -0.2) is 17.7 Å². The van der Waals surface area contributed by atoms with E-state index in [1.165, 1.54) is 5.95 Å². The molecule has 1 aromatic heterocycles. The topological polar surface area (TPSA) is 12.1 Å². The van der Waals surface area contributed by atoms with Crippen LogP contribution >= 0.6 is 0 Å². The Morgan fingerprint density at radius 2 is 2.00 bits per heavy atom. The first kappa shape index (κ1) is 9.10. The molecule has 68 valence electrons. The Kier molecular flexibility index (Phi) is 2.74. The van der Waals surface area contributed by atoms with Gasteiger partial charge >= 0.3 is 5.95 Å². The van der Waals surface area contributed by atoms with E-state index >= 15 is 0 Å². The molecule has 0 spiro atoms. The molecule has 0 unspecified atom stereocenters. The monoisotopic (exact) mass is 168 g/mol. The zero-order valence-electron chi connectivity index (χ0n) is 8.41. The number of imidazole rings is 1. The Labute approximate surface area is 74.2 Å². The molecule has 0 aliphatic carbocycles. The number of hydrogen-bond donors (Lipinski definition) is 0. The molecule has 0 fully saturated rings. The number of rotatable bonds is 3. The van der Waals surface area contributed by atoms with Gasteiger partial charge in [0, 0.05) is 0 Å². The van der Waals surface area contributed by atoms with Gasteiger partial charge < -0.3 is 0 Å². The summed E-state index contributed by atoms with van der Waals surface area (Å²) in [5, 5.41) is 0. The third-order valence-electron chi connectivity index (χ3n) is 2.19. The quantitative estimate of drug-likeness (QED) is 0.605. The zero-order valence-corrected chi connectivity index (χ0v) is 8.41. The van der Waals surface area contributed by atoms with Crippen LogP contribution in [0.3, 0.4) is 0 Å². The zero-order chi connectivity index (χ0) is 9.14. The van der Waals surface area contributed by atoms with E-state index in [4.69, 9.17) is 0 Å². The first-order chi connectivity index (χ1) is 5.70. The molecular weight excluding hydrogens is 150 g/mol. The molecule has 3 nitrogen and oxygen atoms in total. The smallest absolute Gasteiger partial charge is 0.265 e. The summed E-state index contributed by atoms with van der Waals surface area (Å²) in [6.07, 6.45) is 4.15. The fraction of sp³-hybridized carbons (Fsp3) is 0.667. The van der Waals surface area contributed by atoms with Gasteiger partial charge in [0.1, 0.15) is 0 Å². The van der Waals surface area contributed by atoms with Gasteiger partial charge in [-0.25, -0.2) is 9.13 Å². The first-order valence-corrected chi connectivity index (χ1v) is 4.46. The van der Waals surface area contributed by atoms with E-state index in [0.717, 1.165) is 13.1 Å². The average molecular weight is 168 g/mol. The number of hydrogen-bond acceptors (Lipinski definition) is 1. The van der Waals surface area contributed by atoms with Crippen LogP contribution in [0.4, 0.5) is 5.95 Å². The molecular formula is C9H18N3+. The molecule has 1 heterocycles. The van der Waals surface area contributed by atoms with Crippen molar-refractivity contribution < 1.29 is 4.57 Å². The summed E-state index contributed by atoms with van der Waals surface area (Å²) in [7, 11) is 4.15. The van der Waals surface area contributed by atoms with E-state index in [0.29, 0.717) is 0 Å². The highest BCUT2D eigenvalue weighted by molar-refractivity contribution is 5.23. The molecule has 3 heteroatoms. The Hall–Kier alpha value is -0.990. The summed E-state index contributed by atoms with van der Waals surface area (Å²) >= 11 is 0. The van der Waals surface area contributed by atoms with Crippen molar-refractivity contribution >= 4 is 5.95 Å². The highest BCUT2D eigenvalue weighted by atomic mass is 15.3. The SMILES string of the molecule is CCN(CC)c1n(C)cc[n+]1C. The van der Waals surface area contributed by atoms with Gasteiger partial charge in [0.2, 0.25) is 0 Å². The lowest BCUT2D eigenvalue weighted by molar-refractivity contribution is -0.658. The first-order valence-electron chi connectivity index (χ1n) is 4.46. The van der Waals surface area contributed by atoms with E-state index in [9.17, 15) is 0 Å². The van der Waals surface area contributed by atoms with Crippen molar-refractivity contribution in [1.29, 1.82) is 0 Å². The van der Waals surface area contributed by atoms with Crippen LogP contribution in [0.5, 0.6) is 0 Å². The summed E-state index contributed by atoms with van der Waals surface area (Å²) in [4.78, 5) is 2.33. The molecule has 0 saturated carbocycles. The van der Waals surface area contributed by atoms with Gasteiger partial charge in [0.05, 0.1) is 39.6 Å². The maximum atomic E-state index is 2.33. The Bertz CT molecular complexity index is 229. The Morgan fingerprint density at radius 1 is 1.42 bits per heavy atom. The van der Waals surface area contributed by atoms with Crippen molar-refractivity contribution in [3.63, 3.8) is 0 Å². The molecule has 0 amide bonds. The van der Waals surface area contributed by atoms with Crippen LogP contribution in [0.25, 0.3) is 0 Å². The highest BCUT2D eigenvalue weighted by Gasteiger charge is 2.16. The van der Waals surface area contributed by atoms with Gasteiger partial charge in [-0.1, -0.05) is 0 Å². The van der Waals surface area contributed by atoms with Gasteiger partial charge in [-0.2, -0.15) is 0 Å². The highest BCUT2D eigenvalue weighted by Crippen LogP contribution is 2.05. The van der Waals surface area contributed by atoms with Crippen molar-refractivity contribution in [1.82, 2.24) is 4.57 Å². The normalized spacial score (nSPS) is 10.3. The molecule has 0 bridgehead atoms. The number of anilines is 1. The fourth-order valence-corrected chi connectivity index (χ4v) is 1.53. The molecule has 12 heavy (non-hydrogen) atoms. The summed E-state index contributed by atoms with van der Waals surface area (Å²) in [6.45, 7) is 6.47. The van der Waals surface area contributed by atoms with E-state index in [-0.39, 0.29) is 0 Å². The second-order valence-corrected chi connectivity index (χ2v) is 2.99. The van der Waals surface area contributed by atoms with Crippen molar-refractivity contribution in [3.8, 4) is 0 Å². The number of aromatic nitrogens is 2. The molecule has 0 aliphatic heterocycles. The van der Waals surface area contributed by atoms with Crippen molar-refractivity contribution in [2.75, 3.05) is 18.0 Å². The predicted molar refractivity (Wildman–Crippen MR) is 50.2 cm³/mol. The summed E-state index contributed by atoms with van der Waals surface area (Å²) in [5.41, 5.74) is 0. The number of aryl methyl sites for hydroxylation is 2. The minimum Gasteiger partial charge on any atom is -0.265 e. The number of nitrogens with zero attached hydrogens (tertiary/aromatic N) is 3. The molecule has 0 aromatic carbocycles. The van der Waals surface area contributed by atoms with Crippen LogP contribution in [0.15, 0.2) is 12.4 Å². The fourth-order valence-electron chi connectivity index (χ4n) is 1.53. The molecule has 0 aliphatic rings. The third kappa shape index (κ3) is 1.44. The maximum Gasteiger partial charge on any atom is 0.359 e. The van der Waals surface area contributed by atoms with Crippen molar-refractivity contribution in [2.24, 2.45) is 14.1 Å². The largest absolute Gasteiger partial charge is 0.359 e. The van der Waals surface area contributed by atoms with Crippen LogP contribution < -0.4 is 9.47 Å². The lowest BCUT2D eigenvalue weighted by Gasteiger charge is -2.13. The van der Waals surface area contributed by atoms with Crippen LogP contribution in [-0.2, 0) is 14.1 Å². The lowest BCUT2D eigenvalue weighted by atomic mass is 10.5. The molecule has 0 atom stereocenters. The third-order valence-corrected chi connectivity index (χ3v) is 2.19. The van der Waals surface area contributed by atoms with Crippen LogP contribution in [0, 0.1) is 0 Å². The summed E-state index contributed by atoms with van der Waals surface area (Å²) in [5.74, 6) is 1.26. The van der Waals surface area contributed by atoms with Gasteiger partial charge in [-0.15, -0.1) is 0 Å². The van der Waals surface area contributed by atoms with E-state index in [1.54, 1.807) is 0 Å². The van der Waals surface area contributed by atoms with Crippen LogP contribution in [0.1, 0.15) is 13.8 Å². The van der Waals surface area contributed by atoms with E-state index < -0.39 is 0 Å². The van der Waals surface area contributed by atoms with Gasteiger partial charge in [-0.05, 0) is 13.8 Å². The molecule has 1 aromatic rings. The second kappa shape index (κ2) is 3.61. The lowest BCUT2D eigenvalue weighted by Crippen LogP contribution is -2.38. The van der Waals surface area contributed by atoms with Gasteiger partial charge in [0.15, 0.2) is 0 Å².